The van der Waals surface area contributed by atoms with E-state index in [1.165, 1.54) is 0 Å². The van der Waals surface area contributed by atoms with E-state index in [1.807, 2.05) is 6.92 Å². The number of aliphatic hydroxyl groups is 1. The van der Waals surface area contributed by atoms with Gasteiger partial charge < -0.3 is 14.6 Å². The van der Waals surface area contributed by atoms with Crippen LogP contribution in [0.1, 0.15) is 40.0 Å². The van der Waals surface area contributed by atoms with Crippen LogP contribution < -0.4 is 0 Å². The van der Waals surface area contributed by atoms with Crippen LogP contribution in [0.2, 0.25) is 0 Å². The highest BCUT2D eigenvalue weighted by Crippen LogP contribution is 2.59. The molecule has 0 aromatic rings. The molecule has 0 amide bonds. The highest BCUT2D eigenvalue weighted by molar-refractivity contribution is 5.10. The molecule has 5 aliphatic rings. The lowest BCUT2D eigenvalue weighted by molar-refractivity contribution is -0.568. The van der Waals surface area contributed by atoms with Gasteiger partial charge in [0.2, 0.25) is 5.79 Å². The van der Waals surface area contributed by atoms with Gasteiger partial charge in [0.05, 0.1) is 12.7 Å². The van der Waals surface area contributed by atoms with Crippen molar-refractivity contribution < 1.29 is 24.4 Å². The summed E-state index contributed by atoms with van der Waals surface area (Å²) in [6.07, 6.45) is 1.81. The van der Waals surface area contributed by atoms with Gasteiger partial charge in [0, 0.05) is 18.3 Å². The van der Waals surface area contributed by atoms with E-state index in [1.54, 1.807) is 0 Å². The number of ether oxygens (including phenoxy) is 2. The first-order chi connectivity index (χ1) is 9.46. The summed E-state index contributed by atoms with van der Waals surface area (Å²) in [6.45, 7) is 6.84. The first-order valence-electron chi connectivity index (χ1n) is 7.80. The first kappa shape index (κ1) is 13.5. The fourth-order valence-corrected chi connectivity index (χ4v) is 4.83. The molecule has 0 aromatic carbocycles. The quantitative estimate of drug-likeness (QED) is 0.688. The molecule has 2 bridgehead atoms. The Balaban J connectivity index is 1.82. The van der Waals surface area contributed by atoms with Gasteiger partial charge >= 0.3 is 0 Å². The standard InChI is InChI=1S/C15H24O5/c1-8-7-17-13-15-10(9(2)12(16)6-11(8)15)4-5-14(3,18-13)19-20-15/h8-13,16H,4-7H2,1-3H3/t8-,9-,10-,11-,12+,13+,14?,15+/m0/s1. The Labute approximate surface area is 119 Å². The van der Waals surface area contributed by atoms with Crippen LogP contribution in [0.4, 0.5) is 0 Å². The van der Waals surface area contributed by atoms with Crippen LogP contribution in [-0.4, -0.2) is 35.5 Å². The Kier molecular flexibility index (Phi) is 2.81. The minimum atomic E-state index is -0.719. The van der Waals surface area contributed by atoms with Crippen molar-refractivity contribution in [1.29, 1.82) is 0 Å². The minimum absolute atomic E-state index is 0.176. The molecule has 8 atom stereocenters. The molecule has 4 aliphatic heterocycles. The molecule has 5 heteroatoms. The molecular weight excluding hydrogens is 260 g/mol. The lowest BCUT2D eigenvalue weighted by Gasteiger charge is -2.59. The molecule has 1 aliphatic carbocycles. The van der Waals surface area contributed by atoms with Crippen molar-refractivity contribution >= 4 is 0 Å². The Morgan fingerprint density at radius 3 is 2.75 bits per heavy atom. The third-order valence-corrected chi connectivity index (χ3v) is 6.09. The van der Waals surface area contributed by atoms with Gasteiger partial charge in [-0.3, -0.25) is 0 Å². The predicted molar refractivity (Wildman–Crippen MR) is 69.3 cm³/mol. The van der Waals surface area contributed by atoms with Gasteiger partial charge in [0.1, 0.15) is 0 Å². The van der Waals surface area contributed by atoms with E-state index < -0.39 is 11.4 Å². The van der Waals surface area contributed by atoms with Gasteiger partial charge in [-0.05, 0) is 31.6 Å². The first-order valence-corrected chi connectivity index (χ1v) is 7.80. The maximum Gasteiger partial charge on any atom is 0.201 e. The Hall–Kier alpha value is -0.200. The molecule has 4 saturated heterocycles. The number of hydrogen-bond donors (Lipinski definition) is 1. The molecule has 114 valence electrons. The van der Waals surface area contributed by atoms with Gasteiger partial charge in [-0.2, -0.15) is 0 Å². The molecule has 1 saturated carbocycles. The number of rotatable bonds is 0. The molecule has 0 radical (unpaired) electrons. The minimum Gasteiger partial charge on any atom is -0.393 e. The third kappa shape index (κ3) is 1.56. The molecule has 1 spiro atoms. The van der Waals surface area contributed by atoms with Gasteiger partial charge in [0.25, 0.3) is 0 Å². The fourth-order valence-electron chi connectivity index (χ4n) is 4.83. The van der Waals surface area contributed by atoms with Gasteiger partial charge in [-0.15, -0.1) is 0 Å². The number of fused-ring (bicyclic) bond motifs is 2. The van der Waals surface area contributed by atoms with Crippen molar-refractivity contribution in [2.75, 3.05) is 6.61 Å². The Morgan fingerprint density at radius 2 is 1.95 bits per heavy atom. The number of aliphatic hydroxyl groups excluding tert-OH is 1. The number of hydrogen-bond acceptors (Lipinski definition) is 5. The van der Waals surface area contributed by atoms with Crippen LogP contribution in [0.5, 0.6) is 0 Å². The van der Waals surface area contributed by atoms with E-state index in [2.05, 4.69) is 13.8 Å². The largest absolute Gasteiger partial charge is 0.393 e. The van der Waals surface area contributed by atoms with Gasteiger partial charge in [-0.1, -0.05) is 13.8 Å². The van der Waals surface area contributed by atoms with Crippen LogP contribution in [-0.2, 0) is 19.2 Å². The van der Waals surface area contributed by atoms with Crippen LogP contribution >= 0.6 is 0 Å². The van der Waals surface area contributed by atoms with Crippen molar-refractivity contribution in [2.24, 2.45) is 23.7 Å². The average molecular weight is 284 g/mol. The second kappa shape index (κ2) is 4.17. The summed E-state index contributed by atoms with van der Waals surface area (Å²) >= 11 is 0. The maximum absolute atomic E-state index is 10.4. The van der Waals surface area contributed by atoms with Gasteiger partial charge in [0.15, 0.2) is 11.9 Å². The summed E-state index contributed by atoms with van der Waals surface area (Å²) in [7, 11) is 0. The highest BCUT2D eigenvalue weighted by atomic mass is 17.3. The topological polar surface area (TPSA) is 57.2 Å². The molecule has 1 unspecified atom stereocenters. The molecule has 20 heavy (non-hydrogen) atoms. The molecule has 5 fully saturated rings. The van der Waals surface area contributed by atoms with E-state index >= 15 is 0 Å². The molecule has 4 heterocycles. The van der Waals surface area contributed by atoms with Crippen LogP contribution in [0.15, 0.2) is 0 Å². The fraction of sp³-hybridized carbons (Fsp3) is 1.00. The maximum atomic E-state index is 10.4. The Bertz CT molecular complexity index is 411. The molecule has 5 rings (SSSR count). The second-order valence-corrected chi connectivity index (χ2v) is 7.33. The van der Waals surface area contributed by atoms with Gasteiger partial charge in [-0.25, -0.2) is 9.78 Å². The summed E-state index contributed by atoms with van der Waals surface area (Å²) in [6, 6.07) is 0. The van der Waals surface area contributed by atoms with Crippen LogP contribution in [0.3, 0.4) is 0 Å². The lowest BCUT2D eigenvalue weighted by Crippen LogP contribution is -2.70. The third-order valence-electron chi connectivity index (χ3n) is 6.09. The van der Waals surface area contributed by atoms with E-state index in [-0.39, 0.29) is 30.1 Å². The zero-order valence-corrected chi connectivity index (χ0v) is 12.4. The average Bonchev–Trinajstić information content (AvgIpc) is 2.64. The molecule has 1 N–H and O–H groups in total. The van der Waals surface area contributed by atoms with Crippen molar-refractivity contribution in [3.05, 3.63) is 0 Å². The van der Waals surface area contributed by atoms with Crippen molar-refractivity contribution in [3.8, 4) is 0 Å². The zero-order chi connectivity index (χ0) is 14.1. The molecular formula is C15H24O5. The van der Waals surface area contributed by atoms with E-state index in [0.717, 1.165) is 19.3 Å². The van der Waals surface area contributed by atoms with Crippen LogP contribution in [0, 0.1) is 23.7 Å². The monoisotopic (exact) mass is 284 g/mol. The summed E-state index contributed by atoms with van der Waals surface area (Å²) < 4.78 is 12.1. The van der Waals surface area contributed by atoms with E-state index in [4.69, 9.17) is 19.2 Å². The highest BCUT2D eigenvalue weighted by Gasteiger charge is 2.69. The zero-order valence-electron chi connectivity index (χ0n) is 12.4. The summed E-state index contributed by atoms with van der Waals surface area (Å²) in [5.74, 6) is 0.234. The van der Waals surface area contributed by atoms with E-state index in [0.29, 0.717) is 12.5 Å². The molecule has 5 nitrogen and oxygen atoms in total. The Morgan fingerprint density at radius 1 is 1.15 bits per heavy atom. The van der Waals surface area contributed by atoms with Crippen molar-refractivity contribution in [3.63, 3.8) is 0 Å². The normalized spacial score (nSPS) is 61.8. The van der Waals surface area contributed by atoms with E-state index in [9.17, 15) is 5.11 Å². The van der Waals surface area contributed by atoms with Crippen molar-refractivity contribution in [2.45, 2.75) is 63.8 Å². The summed E-state index contributed by atoms with van der Waals surface area (Å²) in [5.41, 5.74) is -0.549. The van der Waals surface area contributed by atoms with Crippen molar-refractivity contribution in [1.82, 2.24) is 0 Å². The predicted octanol–water partition coefficient (Wildman–Crippen LogP) is 1.84. The van der Waals surface area contributed by atoms with Crippen LogP contribution in [0.25, 0.3) is 0 Å². The lowest BCUT2D eigenvalue weighted by atomic mass is 9.57. The summed E-state index contributed by atoms with van der Waals surface area (Å²) in [4.78, 5) is 11.6. The SMILES string of the molecule is C[C@@H]1[C@H](O)C[C@H]2[C@@H](C)CO[C@@H]3OC4(C)CC[C@@H]1[C@]32OO4. The smallest absolute Gasteiger partial charge is 0.201 e. The second-order valence-electron chi connectivity index (χ2n) is 7.33. The molecule has 0 aromatic heterocycles. The summed E-state index contributed by atoms with van der Waals surface area (Å²) in [5, 5.41) is 10.4.